The van der Waals surface area contributed by atoms with Crippen LogP contribution >= 0.6 is 0 Å². The average molecular weight is 251 g/mol. The largest absolute Gasteiger partial charge is 0.396 e. The number of aliphatic hydroxyl groups is 1. The van der Waals surface area contributed by atoms with Gasteiger partial charge in [0, 0.05) is 12.1 Å². The van der Waals surface area contributed by atoms with Gasteiger partial charge in [0.1, 0.15) is 5.84 Å². The molecule has 0 aliphatic heterocycles. The van der Waals surface area contributed by atoms with Crippen LogP contribution in [-0.2, 0) is 9.63 Å². The van der Waals surface area contributed by atoms with E-state index in [9.17, 15) is 4.79 Å². The zero-order valence-electron chi connectivity index (χ0n) is 10.2. The van der Waals surface area contributed by atoms with E-state index in [0.717, 1.165) is 5.56 Å². The summed E-state index contributed by atoms with van der Waals surface area (Å²) in [5, 5.41) is 14.7. The van der Waals surface area contributed by atoms with Gasteiger partial charge in [0.15, 0.2) is 6.61 Å². The van der Waals surface area contributed by atoms with Crippen LogP contribution in [0.15, 0.2) is 29.4 Å². The van der Waals surface area contributed by atoms with E-state index >= 15 is 0 Å². The van der Waals surface area contributed by atoms with E-state index in [1.807, 2.05) is 25.1 Å². The van der Waals surface area contributed by atoms with E-state index in [2.05, 4.69) is 10.5 Å². The van der Waals surface area contributed by atoms with E-state index in [1.54, 1.807) is 6.07 Å². The molecule has 0 bridgehead atoms. The normalized spacial score (nSPS) is 11.1. The van der Waals surface area contributed by atoms with Crippen molar-refractivity contribution in [3.63, 3.8) is 0 Å². The van der Waals surface area contributed by atoms with Gasteiger partial charge in [0.2, 0.25) is 0 Å². The standard InChI is InChI=1S/C12H17N3O3/c1-9-3-2-4-10(7-9)14-12(17)8-18-15-11(13)5-6-16/h2-4,7,16H,5-6,8H2,1H3,(H2,13,15)(H,14,17). The molecule has 0 atom stereocenters. The van der Waals surface area contributed by atoms with Crippen LogP contribution < -0.4 is 11.1 Å². The van der Waals surface area contributed by atoms with Gasteiger partial charge in [-0.25, -0.2) is 0 Å². The highest BCUT2D eigenvalue weighted by Crippen LogP contribution is 2.09. The van der Waals surface area contributed by atoms with Gasteiger partial charge in [-0.3, -0.25) is 4.79 Å². The van der Waals surface area contributed by atoms with Crippen molar-refractivity contribution in [1.82, 2.24) is 0 Å². The molecule has 0 aromatic heterocycles. The van der Waals surface area contributed by atoms with Crippen LogP contribution in [0.4, 0.5) is 5.69 Å². The summed E-state index contributed by atoms with van der Waals surface area (Å²) in [5.41, 5.74) is 7.14. The van der Waals surface area contributed by atoms with Crippen LogP contribution in [0.5, 0.6) is 0 Å². The molecular weight excluding hydrogens is 234 g/mol. The fourth-order valence-electron chi connectivity index (χ4n) is 1.25. The Morgan fingerprint density at radius 3 is 3.00 bits per heavy atom. The van der Waals surface area contributed by atoms with E-state index in [1.165, 1.54) is 0 Å². The number of anilines is 1. The minimum atomic E-state index is -0.318. The Morgan fingerprint density at radius 1 is 1.56 bits per heavy atom. The molecule has 0 spiro atoms. The Labute approximate surface area is 105 Å². The molecule has 4 N–H and O–H groups in total. The van der Waals surface area contributed by atoms with Crippen molar-refractivity contribution < 1.29 is 14.7 Å². The summed E-state index contributed by atoms with van der Waals surface area (Å²) < 4.78 is 0. The quantitative estimate of drug-likeness (QED) is 0.392. The molecular formula is C12H17N3O3. The SMILES string of the molecule is Cc1cccc(NC(=O)CON=C(N)CCO)c1. The Bertz CT molecular complexity index is 432. The smallest absolute Gasteiger partial charge is 0.265 e. The fraction of sp³-hybridized carbons (Fsp3) is 0.333. The first-order chi connectivity index (χ1) is 8.61. The summed E-state index contributed by atoms with van der Waals surface area (Å²) in [6, 6.07) is 7.42. The number of carbonyl (C=O) groups is 1. The lowest BCUT2D eigenvalue weighted by Crippen LogP contribution is -2.19. The van der Waals surface area contributed by atoms with Gasteiger partial charge < -0.3 is 21.0 Å². The van der Waals surface area contributed by atoms with E-state index in [4.69, 9.17) is 15.7 Å². The van der Waals surface area contributed by atoms with Crippen LogP contribution in [-0.4, -0.2) is 30.1 Å². The van der Waals surface area contributed by atoms with Gasteiger partial charge >= 0.3 is 0 Å². The number of nitrogens with one attached hydrogen (secondary N) is 1. The molecule has 0 aliphatic rings. The maximum Gasteiger partial charge on any atom is 0.265 e. The number of carbonyl (C=O) groups excluding carboxylic acids is 1. The molecule has 0 aliphatic carbocycles. The first-order valence-corrected chi connectivity index (χ1v) is 5.53. The Balaban J connectivity index is 2.36. The number of aliphatic hydroxyl groups excluding tert-OH is 1. The lowest BCUT2D eigenvalue weighted by atomic mass is 10.2. The molecule has 0 fully saturated rings. The summed E-state index contributed by atoms with van der Waals surface area (Å²) in [7, 11) is 0. The van der Waals surface area contributed by atoms with Crippen molar-refractivity contribution >= 4 is 17.4 Å². The molecule has 0 saturated carbocycles. The number of hydrogen-bond donors (Lipinski definition) is 3. The second kappa shape index (κ2) is 7.29. The van der Waals surface area contributed by atoms with Crippen LogP contribution in [0.2, 0.25) is 0 Å². The summed E-state index contributed by atoms with van der Waals surface area (Å²) in [6.45, 7) is 1.61. The number of amides is 1. The zero-order chi connectivity index (χ0) is 13.4. The maximum atomic E-state index is 11.5. The Morgan fingerprint density at radius 2 is 2.33 bits per heavy atom. The van der Waals surface area contributed by atoms with Crippen molar-refractivity contribution in [2.24, 2.45) is 10.9 Å². The van der Waals surface area contributed by atoms with Gasteiger partial charge in [0.05, 0.1) is 6.61 Å². The second-order valence-electron chi connectivity index (χ2n) is 3.75. The predicted octanol–water partition coefficient (Wildman–Crippen LogP) is 0.605. The highest BCUT2D eigenvalue weighted by molar-refractivity contribution is 5.91. The van der Waals surface area contributed by atoms with E-state index < -0.39 is 0 Å². The number of aryl methyl sites for hydroxylation is 1. The average Bonchev–Trinajstić information content (AvgIpc) is 2.29. The predicted molar refractivity (Wildman–Crippen MR) is 69.1 cm³/mol. The summed E-state index contributed by atoms with van der Waals surface area (Å²) in [4.78, 5) is 16.2. The monoisotopic (exact) mass is 251 g/mol. The van der Waals surface area contributed by atoms with E-state index in [0.29, 0.717) is 5.69 Å². The molecule has 1 aromatic carbocycles. The van der Waals surface area contributed by atoms with Crippen LogP contribution in [0.1, 0.15) is 12.0 Å². The lowest BCUT2D eigenvalue weighted by Gasteiger charge is -2.05. The molecule has 0 unspecified atom stereocenters. The minimum absolute atomic E-state index is 0.103. The fourth-order valence-corrected chi connectivity index (χ4v) is 1.25. The van der Waals surface area contributed by atoms with Crippen molar-refractivity contribution in [3.05, 3.63) is 29.8 Å². The minimum Gasteiger partial charge on any atom is -0.396 e. The van der Waals surface area contributed by atoms with Crippen molar-refractivity contribution in [2.75, 3.05) is 18.5 Å². The third kappa shape index (κ3) is 5.31. The molecule has 6 heteroatoms. The Kier molecular flexibility index (Phi) is 5.66. The molecule has 0 saturated heterocycles. The van der Waals surface area contributed by atoms with Gasteiger partial charge in [-0.1, -0.05) is 17.3 Å². The van der Waals surface area contributed by atoms with Crippen LogP contribution in [0, 0.1) is 6.92 Å². The summed E-state index contributed by atoms with van der Waals surface area (Å²) >= 11 is 0. The zero-order valence-corrected chi connectivity index (χ0v) is 10.2. The molecule has 0 heterocycles. The summed E-state index contributed by atoms with van der Waals surface area (Å²) in [5.74, 6) is -0.165. The maximum absolute atomic E-state index is 11.5. The number of benzene rings is 1. The first-order valence-electron chi connectivity index (χ1n) is 5.53. The lowest BCUT2D eigenvalue weighted by molar-refractivity contribution is -0.120. The van der Waals surface area contributed by atoms with Gasteiger partial charge in [-0.15, -0.1) is 0 Å². The number of nitrogens with two attached hydrogens (primary N) is 1. The molecule has 0 radical (unpaired) electrons. The molecule has 98 valence electrons. The van der Waals surface area contributed by atoms with Gasteiger partial charge in [-0.2, -0.15) is 0 Å². The highest BCUT2D eigenvalue weighted by Gasteiger charge is 2.02. The number of hydrogen-bond acceptors (Lipinski definition) is 4. The van der Waals surface area contributed by atoms with E-state index in [-0.39, 0.29) is 31.4 Å². The third-order valence-corrected chi connectivity index (χ3v) is 2.05. The third-order valence-electron chi connectivity index (χ3n) is 2.05. The first kappa shape index (κ1) is 14.0. The van der Waals surface area contributed by atoms with Crippen LogP contribution in [0.25, 0.3) is 0 Å². The molecule has 1 amide bonds. The van der Waals surface area contributed by atoms with Gasteiger partial charge in [0.25, 0.3) is 5.91 Å². The highest BCUT2D eigenvalue weighted by atomic mass is 16.6. The number of nitrogens with zero attached hydrogens (tertiary/aromatic N) is 1. The topological polar surface area (TPSA) is 96.9 Å². The molecule has 6 nitrogen and oxygen atoms in total. The number of amidine groups is 1. The molecule has 1 rings (SSSR count). The van der Waals surface area contributed by atoms with Crippen molar-refractivity contribution in [3.8, 4) is 0 Å². The summed E-state index contributed by atoms with van der Waals surface area (Å²) in [6.07, 6.45) is 0.222. The Hall–Kier alpha value is -2.08. The molecule has 18 heavy (non-hydrogen) atoms. The molecule has 1 aromatic rings. The second-order valence-corrected chi connectivity index (χ2v) is 3.75. The van der Waals surface area contributed by atoms with Crippen molar-refractivity contribution in [1.29, 1.82) is 0 Å². The number of oxime groups is 1. The van der Waals surface area contributed by atoms with Crippen LogP contribution in [0.3, 0.4) is 0 Å². The van der Waals surface area contributed by atoms with Crippen molar-refractivity contribution in [2.45, 2.75) is 13.3 Å². The van der Waals surface area contributed by atoms with Gasteiger partial charge in [-0.05, 0) is 24.6 Å². The number of rotatable bonds is 6.